The Morgan fingerprint density at radius 3 is 2.86 bits per heavy atom. The second-order valence-corrected chi connectivity index (χ2v) is 6.76. The molecule has 1 fully saturated rings. The Labute approximate surface area is 125 Å². The molecule has 1 unspecified atom stereocenters. The molecule has 1 saturated heterocycles. The van der Waals surface area contributed by atoms with Crippen molar-refractivity contribution in [3.8, 4) is 5.75 Å². The second kappa shape index (κ2) is 6.74. The highest BCUT2D eigenvalue weighted by molar-refractivity contribution is 7.89. The van der Waals surface area contributed by atoms with E-state index in [1.807, 2.05) is 6.92 Å². The maximum atomic E-state index is 12.9. The Hall–Kier alpha value is -1.15. The van der Waals surface area contributed by atoms with E-state index in [1.54, 1.807) is 12.1 Å². The van der Waals surface area contributed by atoms with Gasteiger partial charge in [-0.1, -0.05) is 13.0 Å². The Balaban J connectivity index is 2.47. The highest BCUT2D eigenvalue weighted by Gasteiger charge is 2.35. The van der Waals surface area contributed by atoms with Crippen LogP contribution in [-0.4, -0.2) is 50.7 Å². The van der Waals surface area contributed by atoms with Crippen molar-refractivity contribution in [1.29, 1.82) is 0 Å². The minimum atomic E-state index is -3.68. The molecular weight excluding hydrogens is 294 g/mol. The molecule has 0 aromatic heterocycles. The van der Waals surface area contributed by atoms with Crippen LogP contribution in [0.5, 0.6) is 5.75 Å². The highest BCUT2D eigenvalue weighted by Crippen LogP contribution is 2.30. The van der Waals surface area contributed by atoms with E-state index in [1.165, 1.54) is 17.5 Å². The number of aliphatic hydroxyl groups is 1. The summed E-state index contributed by atoms with van der Waals surface area (Å²) in [6.07, 6.45) is 0.682. The van der Waals surface area contributed by atoms with Crippen molar-refractivity contribution < 1.29 is 23.0 Å². The molecule has 1 aromatic carbocycles. The van der Waals surface area contributed by atoms with Crippen molar-refractivity contribution in [2.24, 2.45) is 0 Å². The predicted molar refractivity (Wildman–Crippen MR) is 77.7 cm³/mol. The average Bonchev–Trinajstić information content (AvgIpc) is 2.54. The molecule has 0 saturated carbocycles. The minimum Gasteiger partial charge on any atom is -0.495 e. The smallest absolute Gasteiger partial charge is 0.247 e. The summed E-state index contributed by atoms with van der Waals surface area (Å²) < 4.78 is 37.8. The van der Waals surface area contributed by atoms with E-state index in [2.05, 4.69) is 0 Å². The molecule has 1 aliphatic heterocycles. The summed E-state index contributed by atoms with van der Waals surface area (Å²) in [7, 11) is -2.25. The first-order valence-electron chi connectivity index (χ1n) is 6.92. The molecule has 1 aliphatic rings. The van der Waals surface area contributed by atoms with Crippen molar-refractivity contribution in [3.05, 3.63) is 23.8 Å². The van der Waals surface area contributed by atoms with Crippen LogP contribution in [-0.2, 0) is 21.4 Å². The fraction of sp³-hybridized carbons (Fsp3) is 0.571. The zero-order valence-corrected chi connectivity index (χ0v) is 13.1. The van der Waals surface area contributed by atoms with Crippen LogP contribution < -0.4 is 4.74 Å². The molecule has 21 heavy (non-hydrogen) atoms. The summed E-state index contributed by atoms with van der Waals surface area (Å²) in [5.74, 6) is 0.286. The number of aliphatic hydroxyl groups excluding tert-OH is 1. The van der Waals surface area contributed by atoms with Crippen molar-refractivity contribution in [3.63, 3.8) is 0 Å². The second-order valence-electron chi connectivity index (χ2n) is 4.90. The van der Waals surface area contributed by atoms with Gasteiger partial charge in [-0.05, 0) is 24.1 Å². The molecule has 1 aromatic rings. The summed E-state index contributed by atoms with van der Waals surface area (Å²) in [6, 6.07) is 4.51. The molecule has 0 spiro atoms. The lowest BCUT2D eigenvalue weighted by Gasteiger charge is -2.34. The molecule has 0 radical (unpaired) electrons. The first-order valence-corrected chi connectivity index (χ1v) is 8.36. The van der Waals surface area contributed by atoms with Crippen molar-refractivity contribution in [2.75, 3.05) is 26.9 Å². The normalized spacial score (nSPS) is 20.4. The van der Waals surface area contributed by atoms with Crippen LogP contribution >= 0.6 is 0 Å². The van der Waals surface area contributed by atoms with Crippen molar-refractivity contribution in [1.82, 2.24) is 4.31 Å². The number of methoxy groups -OCH3 is 1. The van der Waals surface area contributed by atoms with E-state index in [4.69, 9.17) is 9.47 Å². The summed E-state index contributed by atoms with van der Waals surface area (Å²) in [5, 5.41) is 9.23. The summed E-state index contributed by atoms with van der Waals surface area (Å²) >= 11 is 0. The van der Waals surface area contributed by atoms with Crippen molar-refractivity contribution >= 4 is 10.0 Å². The molecule has 1 heterocycles. The molecule has 2 rings (SSSR count). The summed E-state index contributed by atoms with van der Waals surface area (Å²) in [6.45, 7) is 2.83. The number of benzene rings is 1. The quantitative estimate of drug-likeness (QED) is 0.877. The maximum absolute atomic E-state index is 12.9. The number of ether oxygens (including phenoxy) is 2. The van der Waals surface area contributed by atoms with Gasteiger partial charge in [0.15, 0.2) is 0 Å². The topological polar surface area (TPSA) is 76.1 Å². The Morgan fingerprint density at radius 1 is 1.48 bits per heavy atom. The average molecular weight is 315 g/mol. The fourth-order valence-electron chi connectivity index (χ4n) is 2.42. The zero-order valence-electron chi connectivity index (χ0n) is 12.3. The third kappa shape index (κ3) is 3.21. The van der Waals surface area contributed by atoms with E-state index in [-0.39, 0.29) is 23.3 Å². The molecule has 0 amide bonds. The van der Waals surface area contributed by atoms with Crippen LogP contribution in [0.3, 0.4) is 0 Å². The number of sulfonamides is 1. The van der Waals surface area contributed by atoms with Gasteiger partial charge in [0.05, 0.1) is 26.9 Å². The van der Waals surface area contributed by atoms with Gasteiger partial charge in [0.1, 0.15) is 10.6 Å². The lowest BCUT2D eigenvalue weighted by Crippen LogP contribution is -2.48. The molecule has 0 aliphatic carbocycles. The van der Waals surface area contributed by atoms with Gasteiger partial charge in [-0.15, -0.1) is 0 Å². The van der Waals surface area contributed by atoms with Crippen LogP contribution in [0.25, 0.3) is 0 Å². The van der Waals surface area contributed by atoms with Crippen LogP contribution in [0.2, 0.25) is 0 Å². The van der Waals surface area contributed by atoms with Gasteiger partial charge < -0.3 is 14.6 Å². The molecular formula is C14H21NO5S. The predicted octanol–water partition coefficient (Wildman–Crippen LogP) is 0.987. The first-order chi connectivity index (χ1) is 10.0. The first kappa shape index (κ1) is 16.2. The van der Waals surface area contributed by atoms with Gasteiger partial charge in [-0.2, -0.15) is 4.31 Å². The van der Waals surface area contributed by atoms with Gasteiger partial charge in [-0.25, -0.2) is 8.42 Å². The molecule has 7 heteroatoms. The van der Waals surface area contributed by atoms with Gasteiger partial charge in [0.2, 0.25) is 10.0 Å². The van der Waals surface area contributed by atoms with Crippen molar-refractivity contribution in [2.45, 2.75) is 30.9 Å². The number of morpholine rings is 1. The van der Waals surface area contributed by atoms with Crippen LogP contribution in [0.4, 0.5) is 0 Å². The lowest BCUT2D eigenvalue weighted by atomic mass is 10.2. The van der Waals surface area contributed by atoms with Crippen LogP contribution in [0.15, 0.2) is 23.1 Å². The minimum absolute atomic E-state index is 0.0944. The van der Waals surface area contributed by atoms with Gasteiger partial charge in [0, 0.05) is 12.6 Å². The third-order valence-electron chi connectivity index (χ3n) is 3.64. The molecule has 6 nitrogen and oxygen atoms in total. The summed E-state index contributed by atoms with van der Waals surface area (Å²) in [4.78, 5) is 0.0944. The molecule has 118 valence electrons. The van der Waals surface area contributed by atoms with E-state index in [0.29, 0.717) is 31.7 Å². The number of rotatable bonds is 5. The largest absolute Gasteiger partial charge is 0.495 e. The standard InChI is InChI=1S/C14H21NO5S/c1-3-12-10-20-7-6-15(12)21(17,18)14-8-11(9-16)4-5-13(14)19-2/h4-5,8,12,16H,3,6-7,9-10H2,1-2H3. The SMILES string of the molecule is CCC1COCCN1S(=O)(=O)c1cc(CO)ccc1OC. The van der Waals surface area contributed by atoms with E-state index < -0.39 is 10.0 Å². The number of nitrogens with zero attached hydrogens (tertiary/aromatic N) is 1. The van der Waals surface area contributed by atoms with E-state index >= 15 is 0 Å². The molecule has 1 atom stereocenters. The molecule has 0 bridgehead atoms. The number of hydrogen-bond acceptors (Lipinski definition) is 5. The van der Waals surface area contributed by atoms with Gasteiger partial charge in [-0.3, -0.25) is 0 Å². The van der Waals surface area contributed by atoms with Gasteiger partial charge in [0.25, 0.3) is 0 Å². The maximum Gasteiger partial charge on any atom is 0.247 e. The van der Waals surface area contributed by atoms with Crippen LogP contribution in [0, 0.1) is 0 Å². The fourth-order valence-corrected chi connectivity index (χ4v) is 4.30. The highest BCUT2D eigenvalue weighted by atomic mass is 32.2. The Morgan fingerprint density at radius 2 is 2.24 bits per heavy atom. The Bertz CT molecular complexity index is 587. The third-order valence-corrected chi connectivity index (χ3v) is 5.62. The summed E-state index contributed by atoms with van der Waals surface area (Å²) in [5.41, 5.74) is 0.538. The lowest BCUT2D eigenvalue weighted by molar-refractivity contribution is 0.0313. The zero-order chi connectivity index (χ0) is 15.5. The van der Waals surface area contributed by atoms with Crippen LogP contribution in [0.1, 0.15) is 18.9 Å². The van der Waals surface area contributed by atoms with Gasteiger partial charge >= 0.3 is 0 Å². The number of hydrogen-bond donors (Lipinski definition) is 1. The monoisotopic (exact) mass is 315 g/mol. The molecule has 1 N–H and O–H groups in total. The van der Waals surface area contributed by atoms with E-state index in [0.717, 1.165) is 0 Å². The Kier molecular flexibility index (Phi) is 5.21. The van der Waals surface area contributed by atoms with E-state index in [9.17, 15) is 13.5 Å².